The molecule has 1 fully saturated rings. The lowest BCUT2D eigenvalue weighted by Crippen LogP contribution is -2.27. The van der Waals surface area contributed by atoms with Crippen molar-refractivity contribution in [3.63, 3.8) is 0 Å². The summed E-state index contributed by atoms with van der Waals surface area (Å²) in [5.41, 5.74) is 0.922. The van der Waals surface area contributed by atoms with E-state index >= 15 is 0 Å². The third-order valence-corrected chi connectivity index (χ3v) is 9.95. The maximum absolute atomic E-state index is 13.5. The Hall–Kier alpha value is -4.11. The van der Waals surface area contributed by atoms with Gasteiger partial charge in [-0.15, -0.1) is 21.5 Å². The van der Waals surface area contributed by atoms with Gasteiger partial charge in [0.25, 0.3) is 5.91 Å². The number of aromatic nitrogens is 3. The van der Waals surface area contributed by atoms with Gasteiger partial charge >= 0.3 is 11.9 Å². The van der Waals surface area contributed by atoms with Crippen molar-refractivity contribution in [2.24, 2.45) is 0 Å². The third kappa shape index (κ3) is 8.44. The molecule has 1 saturated carbocycles. The number of ether oxygens (including phenoxy) is 4. The van der Waals surface area contributed by atoms with Gasteiger partial charge in [-0.1, -0.05) is 31.0 Å². The number of amides is 2. The summed E-state index contributed by atoms with van der Waals surface area (Å²) >= 11 is 2.21. The molecule has 2 N–H and O–H groups in total. The topological polar surface area (TPSA) is 160 Å². The number of thioether (sulfide) groups is 1. The van der Waals surface area contributed by atoms with Crippen molar-refractivity contribution in [2.45, 2.75) is 82.8 Å². The molecule has 15 heteroatoms. The lowest BCUT2D eigenvalue weighted by Gasteiger charge is -2.26. The molecule has 0 bridgehead atoms. The molecule has 1 aliphatic carbocycles. The number of carbonyl (C=O) groups is 4. The number of nitrogens with one attached hydrogen (secondary N) is 2. The monoisotopic (exact) mass is 687 g/mol. The Bertz CT molecular complexity index is 1600. The molecule has 1 aromatic carbocycles. The molecular formula is C32H41N5O8S2. The SMILES string of the molecule is CCOC(=O)c1sc(NC(=O)[C@H](C)Sc2nnc(CNC(=O)c3ccc(OC)c(OC)c3)n2C2CCCCC2)c(C(=O)OCC)c1C. The first-order chi connectivity index (χ1) is 22.6. The number of nitrogens with zero attached hydrogens (tertiary/aromatic N) is 3. The van der Waals surface area contributed by atoms with Gasteiger partial charge in [0.2, 0.25) is 5.91 Å². The summed E-state index contributed by atoms with van der Waals surface area (Å²) in [6.07, 6.45) is 5.10. The number of rotatable bonds is 14. The lowest BCUT2D eigenvalue weighted by molar-refractivity contribution is -0.115. The predicted molar refractivity (Wildman–Crippen MR) is 178 cm³/mol. The van der Waals surface area contributed by atoms with Crippen LogP contribution in [0.2, 0.25) is 0 Å². The van der Waals surface area contributed by atoms with Crippen molar-refractivity contribution < 1.29 is 38.1 Å². The van der Waals surface area contributed by atoms with Crippen LogP contribution in [0.25, 0.3) is 0 Å². The highest BCUT2D eigenvalue weighted by atomic mass is 32.2. The normalized spacial score (nSPS) is 13.8. The van der Waals surface area contributed by atoms with Crippen LogP contribution in [0.5, 0.6) is 11.5 Å². The van der Waals surface area contributed by atoms with Crippen LogP contribution in [-0.2, 0) is 20.8 Å². The Labute approximate surface area is 282 Å². The van der Waals surface area contributed by atoms with E-state index in [1.165, 1.54) is 26.0 Å². The van der Waals surface area contributed by atoms with Crippen molar-refractivity contribution in [1.29, 1.82) is 0 Å². The number of thiophene rings is 1. The fourth-order valence-electron chi connectivity index (χ4n) is 5.32. The van der Waals surface area contributed by atoms with Crippen LogP contribution in [0.15, 0.2) is 23.4 Å². The molecule has 254 valence electrons. The van der Waals surface area contributed by atoms with Gasteiger partial charge in [-0.3, -0.25) is 9.59 Å². The van der Waals surface area contributed by atoms with E-state index in [4.69, 9.17) is 18.9 Å². The van der Waals surface area contributed by atoms with E-state index in [-0.39, 0.29) is 47.1 Å². The van der Waals surface area contributed by atoms with Crippen LogP contribution in [0.4, 0.5) is 5.00 Å². The van der Waals surface area contributed by atoms with Gasteiger partial charge in [-0.05, 0) is 64.3 Å². The number of anilines is 1. The second kappa shape index (κ2) is 16.6. The number of esters is 2. The van der Waals surface area contributed by atoms with E-state index < -0.39 is 23.1 Å². The summed E-state index contributed by atoms with van der Waals surface area (Å²) in [6.45, 7) is 7.17. The number of methoxy groups -OCH3 is 2. The van der Waals surface area contributed by atoms with Gasteiger partial charge in [0.15, 0.2) is 22.5 Å². The maximum atomic E-state index is 13.5. The molecule has 1 atom stereocenters. The van der Waals surface area contributed by atoms with Crippen molar-refractivity contribution in [3.05, 3.63) is 45.6 Å². The highest BCUT2D eigenvalue weighted by molar-refractivity contribution is 8.00. The van der Waals surface area contributed by atoms with Gasteiger partial charge in [0.05, 0.1) is 44.8 Å². The standard InChI is InChI=1S/C32H41N5O8S2/c1-7-44-30(40)25-18(3)26(31(41)45-8-2)47-29(25)34-27(38)19(4)46-32-36-35-24(37(32)21-12-10-9-11-13-21)17-33-28(39)20-14-15-22(42-5)23(16-20)43-6/h14-16,19,21H,7-13,17H2,1-6H3,(H,33,39)(H,34,38)/t19-/m0/s1. The summed E-state index contributed by atoms with van der Waals surface area (Å²) in [5.74, 6) is -0.361. The molecular weight excluding hydrogens is 647 g/mol. The van der Waals surface area contributed by atoms with Crippen LogP contribution in [-0.4, -0.2) is 71.2 Å². The van der Waals surface area contributed by atoms with Crippen molar-refractivity contribution in [2.75, 3.05) is 32.8 Å². The van der Waals surface area contributed by atoms with Crippen LogP contribution in [0.3, 0.4) is 0 Å². The molecule has 13 nitrogen and oxygen atoms in total. The van der Waals surface area contributed by atoms with E-state index in [1.807, 2.05) is 4.57 Å². The molecule has 0 spiro atoms. The smallest absolute Gasteiger partial charge is 0.348 e. The minimum atomic E-state index is -0.653. The lowest BCUT2D eigenvalue weighted by atomic mass is 9.95. The molecule has 47 heavy (non-hydrogen) atoms. The highest BCUT2D eigenvalue weighted by Crippen LogP contribution is 2.37. The first kappa shape index (κ1) is 35.7. The molecule has 0 saturated heterocycles. The van der Waals surface area contributed by atoms with Gasteiger partial charge < -0.3 is 34.1 Å². The second-order valence-corrected chi connectivity index (χ2v) is 13.1. The van der Waals surface area contributed by atoms with E-state index in [2.05, 4.69) is 20.8 Å². The molecule has 0 radical (unpaired) electrons. The van der Waals surface area contributed by atoms with Crippen molar-refractivity contribution in [3.8, 4) is 11.5 Å². The van der Waals surface area contributed by atoms with E-state index in [0.717, 1.165) is 43.4 Å². The van der Waals surface area contributed by atoms with Crippen LogP contribution >= 0.6 is 23.1 Å². The summed E-state index contributed by atoms with van der Waals surface area (Å²) in [5, 5.41) is 14.7. The Morgan fingerprint density at radius 3 is 2.34 bits per heavy atom. The summed E-state index contributed by atoms with van der Waals surface area (Å²) in [7, 11) is 3.04. The number of hydrogen-bond acceptors (Lipinski definition) is 12. The zero-order chi connectivity index (χ0) is 34.1. The van der Waals surface area contributed by atoms with E-state index in [9.17, 15) is 19.2 Å². The van der Waals surface area contributed by atoms with E-state index in [0.29, 0.717) is 33.6 Å². The minimum absolute atomic E-state index is 0.118. The van der Waals surface area contributed by atoms with Crippen LogP contribution in [0.1, 0.15) is 101 Å². The largest absolute Gasteiger partial charge is 0.493 e. The number of hydrogen-bond donors (Lipinski definition) is 2. The van der Waals surface area contributed by atoms with Crippen molar-refractivity contribution >= 4 is 51.9 Å². The average molecular weight is 688 g/mol. The molecule has 2 aromatic heterocycles. The fourth-order valence-corrected chi connectivity index (χ4v) is 7.35. The molecule has 4 rings (SSSR count). The van der Waals surface area contributed by atoms with Gasteiger partial charge in [0.1, 0.15) is 9.88 Å². The molecule has 1 aliphatic rings. The van der Waals surface area contributed by atoms with E-state index in [1.54, 1.807) is 45.9 Å². The Balaban J connectivity index is 1.54. The predicted octanol–water partition coefficient (Wildman–Crippen LogP) is 5.57. The van der Waals surface area contributed by atoms with Gasteiger partial charge in [-0.2, -0.15) is 0 Å². The molecule has 3 aromatic rings. The summed E-state index contributed by atoms with van der Waals surface area (Å²) in [6, 6.07) is 5.05. The zero-order valence-electron chi connectivity index (χ0n) is 27.5. The van der Waals surface area contributed by atoms with Gasteiger partial charge in [-0.25, -0.2) is 9.59 Å². The Morgan fingerprint density at radius 2 is 1.68 bits per heavy atom. The first-order valence-corrected chi connectivity index (χ1v) is 17.2. The minimum Gasteiger partial charge on any atom is -0.493 e. The number of carbonyl (C=O) groups excluding carboxylic acids is 4. The zero-order valence-corrected chi connectivity index (χ0v) is 29.1. The maximum Gasteiger partial charge on any atom is 0.348 e. The number of benzene rings is 1. The Morgan fingerprint density at radius 1 is 1.00 bits per heavy atom. The fraction of sp³-hybridized carbons (Fsp3) is 0.500. The van der Waals surface area contributed by atoms with Crippen LogP contribution < -0.4 is 20.1 Å². The summed E-state index contributed by atoms with van der Waals surface area (Å²) in [4.78, 5) is 52.2. The quantitative estimate of drug-likeness (QED) is 0.161. The third-order valence-electron chi connectivity index (χ3n) is 7.70. The molecule has 0 aliphatic heterocycles. The molecule has 2 heterocycles. The summed E-state index contributed by atoms with van der Waals surface area (Å²) < 4.78 is 23.0. The average Bonchev–Trinajstić information content (AvgIpc) is 3.63. The Kier molecular flexibility index (Phi) is 12.6. The second-order valence-electron chi connectivity index (χ2n) is 10.8. The van der Waals surface area contributed by atoms with Crippen LogP contribution in [0, 0.1) is 6.92 Å². The first-order valence-electron chi connectivity index (χ1n) is 15.5. The van der Waals surface area contributed by atoms with Crippen molar-refractivity contribution in [1.82, 2.24) is 20.1 Å². The molecule has 0 unspecified atom stereocenters. The van der Waals surface area contributed by atoms with Gasteiger partial charge in [0, 0.05) is 11.6 Å². The molecule has 2 amide bonds. The highest BCUT2D eigenvalue weighted by Gasteiger charge is 2.30.